The van der Waals surface area contributed by atoms with E-state index in [1.165, 1.54) is 11.1 Å². The summed E-state index contributed by atoms with van der Waals surface area (Å²) in [5.41, 5.74) is 3.89. The molecule has 0 heterocycles. The van der Waals surface area contributed by atoms with Crippen LogP contribution in [0, 0.1) is 0 Å². The zero-order valence-electron chi connectivity index (χ0n) is 17.1. The summed E-state index contributed by atoms with van der Waals surface area (Å²) < 4.78 is 11.7. The number of hydrogen-bond acceptors (Lipinski definition) is 3. The number of carbonyl (C=O) groups is 1. The van der Waals surface area contributed by atoms with E-state index in [2.05, 4.69) is 0 Å². The van der Waals surface area contributed by atoms with E-state index in [0.717, 1.165) is 11.3 Å². The van der Waals surface area contributed by atoms with E-state index in [4.69, 9.17) is 9.47 Å². The van der Waals surface area contributed by atoms with Crippen molar-refractivity contribution in [3.05, 3.63) is 89.0 Å². The van der Waals surface area contributed by atoms with E-state index in [-0.39, 0.29) is 5.78 Å². The minimum atomic E-state index is -0.0419. The van der Waals surface area contributed by atoms with Crippen molar-refractivity contribution < 1.29 is 14.3 Å². The maximum Gasteiger partial charge on any atom is 0.185 e. The molecule has 0 bridgehead atoms. The van der Waals surface area contributed by atoms with E-state index in [1.807, 2.05) is 76.2 Å². The molecule has 146 valence electrons. The summed E-state index contributed by atoms with van der Waals surface area (Å²) in [4.78, 5) is 12.3. The molecule has 0 aliphatic heterocycles. The van der Waals surface area contributed by atoms with Crippen LogP contribution in [0.15, 0.2) is 77.9 Å². The van der Waals surface area contributed by atoms with Gasteiger partial charge in [0.2, 0.25) is 0 Å². The van der Waals surface area contributed by atoms with Crippen LogP contribution in [0.1, 0.15) is 43.6 Å². The highest BCUT2D eigenvalue weighted by atomic mass is 16.5. The fourth-order valence-corrected chi connectivity index (χ4v) is 2.33. The topological polar surface area (TPSA) is 35.5 Å². The van der Waals surface area contributed by atoms with Crippen molar-refractivity contribution in [3.63, 3.8) is 0 Å². The van der Waals surface area contributed by atoms with Gasteiger partial charge in [0.15, 0.2) is 5.78 Å². The molecule has 3 heteroatoms. The van der Waals surface area contributed by atoms with Crippen molar-refractivity contribution in [2.75, 3.05) is 13.2 Å². The Kier molecular flexibility index (Phi) is 8.29. The summed E-state index contributed by atoms with van der Waals surface area (Å²) in [5, 5.41) is 0. The molecule has 2 rings (SSSR count). The first-order valence-electron chi connectivity index (χ1n) is 9.39. The maximum atomic E-state index is 12.3. The number of carbonyl (C=O) groups excluding carboxylic acids is 1. The van der Waals surface area contributed by atoms with Crippen LogP contribution in [-0.2, 0) is 0 Å². The first-order chi connectivity index (χ1) is 13.5. The molecule has 0 amide bonds. The molecule has 0 aliphatic carbocycles. The van der Waals surface area contributed by atoms with Crippen LogP contribution in [0.25, 0.3) is 6.08 Å². The molecular weight excluding hydrogens is 348 g/mol. The zero-order chi connectivity index (χ0) is 20.4. The van der Waals surface area contributed by atoms with Crippen molar-refractivity contribution in [1.82, 2.24) is 0 Å². The highest BCUT2D eigenvalue weighted by molar-refractivity contribution is 6.06. The molecule has 0 atom stereocenters. The van der Waals surface area contributed by atoms with Gasteiger partial charge in [-0.2, -0.15) is 0 Å². The Morgan fingerprint density at radius 1 is 0.857 bits per heavy atom. The van der Waals surface area contributed by atoms with Crippen LogP contribution < -0.4 is 9.47 Å². The van der Waals surface area contributed by atoms with Crippen LogP contribution in [0.5, 0.6) is 11.5 Å². The zero-order valence-corrected chi connectivity index (χ0v) is 17.1. The fourth-order valence-electron chi connectivity index (χ4n) is 2.33. The number of ether oxygens (including phenoxy) is 2. The lowest BCUT2D eigenvalue weighted by molar-refractivity contribution is 0.104. The van der Waals surface area contributed by atoms with E-state index in [9.17, 15) is 4.79 Å². The molecule has 0 aromatic heterocycles. The van der Waals surface area contributed by atoms with Crippen LogP contribution in [0.3, 0.4) is 0 Å². The third-order valence-corrected chi connectivity index (χ3v) is 3.93. The van der Waals surface area contributed by atoms with E-state index in [1.54, 1.807) is 24.3 Å². The first-order valence-corrected chi connectivity index (χ1v) is 9.39. The number of hydrogen-bond donors (Lipinski definition) is 0. The van der Waals surface area contributed by atoms with Gasteiger partial charge in [0.1, 0.15) is 24.7 Å². The highest BCUT2D eigenvalue weighted by Crippen LogP contribution is 2.27. The monoisotopic (exact) mass is 376 g/mol. The molecule has 0 N–H and O–H groups in total. The smallest absolute Gasteiger partial charge is 0.185 e. The van der Waals surface area contributed by atoms with Gasteiger partial charge < -0.3 is 9.47 Å². The summed E-state index contributed by atoms with van der Waals surface area (Å²) >= 11 is 0. The van der Waals surface area contributed by atoms with Gasteiger partial charge in [-0.3, -0.25) is 4.79 Å². The predicted octanol–water partition coefficient (Wildman–Crippen LogP) is 6.27. The minimum Gasteiger partial charge on any atom is -0.489 e. The summed E-state index contributed by atoms with van der Waals surface area (Å²) in [5.74, 6) is 1.38. The lowest BCUT2D eigenvalue weighted by atomic mass is 10.1. The van der Waals surface area contributed by atoms with Gasteiger partial charge in [-0.05, 0) is 64.1 Å². The van der Waals surface area contributed by atoms with E-state index in [0.29, 0.717) is 24.5 Å². The average Bonchev–Trinajstić information content (AvgIpc) is 2.67. The van der Waals surface area contributed by atoms with Crippen molar-refractivity contribution >= 4 is 11.9 Å². The number of allylic oxidation sites excluding steroid dienone is 3. The molecule has 0 radical (unpaired) electrons. The van der Waals surface area contributed by atoms with Gasteiger partial charge in [0.05, 0.1) is 0 Å². The molecule has 0 fully saturated rings. The summed E-state index contributed by atoms with van der Waals surface area (Å²) in [6, 6.07) is 14.9. The van der Waals surface area contributed by atoms with Crippen molar-refractivity contribution in [3.8, 4) is 11.5 Å². The third kappa shape index (κ3) is 7.28. The lowest BCUT2D eigenvalue weighted by Crippen LogP contribution is -1.99. The van der Waals surface area contributed by atoms with Gasteiger partial charge in [-0.1, -0.05) is 41.5 Å². The minimum absolute atomic E-state index is 0.0419. The van der Waals surface area contributed by atoms with Gasteiger partial charge in [0, 0.05) is 17.2 Å². The van der Waals surface area contributed by atoms with Crippen molar-refractivity contribution in [1.29, 1.82) is 0 Å². The number of rotatable bonds is 9. The Morgan fingerprint density at radius 3 is 2.14 bits per heavy atom. The summed E-state index contributed by atoms with van der Waals surface area (Å²) in [6.07, 6.45) is 7.39. The Hall–Kier alpha value is -3.07. The van der Waals surface area contributed by atoms with Gasteiger partial charge >= 0.3 is 0 Å². The fraction of sp³-hybridized carbons (Fsp3) is 0.240. The van der Waals surface area contributed by atoms with Gasteiger partial charge in [0.25, 0.3) is 0 Å². The maximum absolute atomic E-state index is 12.3. The second-order valence-corrected chi connectivity index (χ2v) is 6.95. The van der Waals surface area contributed by atoms with E-state index < -0.39 is 0 Å². The largest absolute Gasteiger partial charge is 0.489 e. The quantitative estimate of drug-likeness (QED) is 0.294. The molecule has 0 spiro atoms. The molecule has 2 aromatic carbocycles. The second kappa shape index (κ2) is 10.9. The summed E-state index contributed by atoms with van der Waals surface area (Å²) in [7, 11) is 0. The average molecular weight is 376 g/mol. The third-order valence-electron chi connectivity index (χ3n) is 3.93. The van der Waals surface area contributed by atoms with Crippen LogP contribution in [-0.4, -0.2) is 19.0 Å². The SMILES string of the molecule is CC(C)=CCOc1ccc(C=CC(=O)c2ccccc2)c(OCC=C(C)C)c1. The Labute approximate surface area is 168 Å². The van der Waals surface area contributed by atoms with Crippen LogP contribution in [0.4, 0.5) is 0 Å². The number of benzene rings is 2. The van der Waals surface area contributed by atoms with Gasteiger partial charge in [-0.15, -0.1) is 0 Å². The van der Waals surface area contributed by atoms with Crippen LogP contribution >= 0.6 is 0 Å². The molecule has 0 aliphatic rings. The number of ketones is 1. The van der Waals surface area contributed by atoms with Gasteiger partial charge in [-0.25, -0.2) is 0 Å². The standard InChI is InChI=1S/C25H28O3/c1-19(2)14-16-27-23-12-10-22(25(18-23)28-17-15-20(3)4)11-13-24(26)21-8-6-5-7-9-21/h5-15,18H,16-17H2,1-4H3. The molecule has 2 aromatic rings. The molecule has 0 unspecified atom stereocenters. The predicted molar refractivity (Wildman–Crippen MR) is 116 cm³/mol. The Morgan fingerprint density at radius 2 is 1.50 bits per heavy atom. The van der Waals surface area contributed by atoms with E-state index >= 15 is 0 Å². The highest BCUT2D eigenvalue weighted by Gasteiger charge is 2.06. The normalized spacial score (nSPS) is 10.4. The van der Waals surface area contributed by atoms with Crippen molar-refractivity contribution in [2.24, 2.45) is 0 Å². The molecule has 0 saturated heterocycles. The van der Waals surface area contributed by atoms with Crippen LogP contribution in [0.2, 0.25) is 0 Å². The Balaban J connectivity index is 2.20. The molecule has 28 heavy (non-hydrogen) atoms. The van der Waals surface area contributed by atoms with Crippen molar-refractivity contribution in [2.45, 2.75) is 27.7 Å². The second-order valence-electron chi connectivity index (χ2n) is 6.95. The molecule has 3 nitrogen and oxygen atoms in total. The Bertz CT molecular complexity index is 866. The first kappa shape index (κ1) is 21.2. The molecule has 0 saturated carbocycles. The summed E-state index contributed by atoms with van der Waals surface area (Å²) in [6.45, 7) is 9.11. The molecular formula is C25H28O3. The lowest BCUT2D eigenvalue weighted by Gasteiger charge is -2.11.